The van der Waals surface area contributed by atoms with Crippen LogP contribution in [-0.2, 0) is 6.18 Å². The lowest BCUT2D eigenvalue weighted by Crippen LogP contribution is -2.46. The van der Waals surface area contributed by atoms with Gasteiger partial charge < -0.3 is 15.5 Å². The van der Waals surface area contributed by atoms with Crippen LogP contribution in [0.15, 0.2) is 53.6 Å². The summed E-state index contributed by atoms with van der Waals surface area (Å²) < 4.78 is 38.8. The highest BCUT2D eigenvalue weighted by Crippen LogP contribution is 2.32. The van der Waals surface area contributed by atoms with Gasteiger partial charge in [-0.15, -0.1) is 0 Å². The smallest absolute Gasteiger partial charge is 0.382 e. The van der Waals surface area contributed by atoms with E-state index in [0.717, 1.165) is 11.8 Å². The van der Waals surface area contributed by atoms with Gasteiger partial charge >= 0.3 is 6.18 Å². The minimum atomic E-state index is -4.35. The Balaban J connectivity index is 1.60. The molecule has 3 rings (SSSR count). The van der Waals surface area contributed by atoms with E-state index in [9.17, 15) is 13.2 Å². The SMILES string of the molecule is N#C/C(=N\Nc1ccc(N2CCN(c3cccc(C(F)(F)F)c3)CC2)cc1)C(=N)N. The van der Waals surface area contributed by atoms with Gasteiger partial charge in [0.05, 0.1) is 11.3 Å². The Morgan fingerprint density at radius 3 is 2.17 bits per heavy atom. The van der Waals surface area contributed by atoms with Gasteiger partial charge in [0.25, 0.3) is 0 Å². The molecule has 1 aliphatic rings. The van der Waals surface area contributed by atoms with E-state index in [2.05, 4.69) is 15.4 Å². The summed E-state index contributed by atoms with van der Waals surface area (Å²) in [5.41, 5.74) is 9.25. The summed E-state index contributed by atoms with van der Waals surface area (Å²) >= 11 is 0. The van der Waals surface area contributed by atoms with E-state index in [1.807, 2.05) is 17.0 Å². The first-order chi connectivity index (χ1) is 14.3. The number of hydrogen-bond donors (Lipinski definition) is 3. The van der Waals surface area contributed by atoms with E-state index < -0.39 is 17.6 Å². The molecule has 0 amide bonds. The zero-order valence-corrected chi connectivity index (χ0v) is 15.9. The fourth-order valence-electron chi connectivity index (χ4n) is 3.11. The molecule has 0 radical (unpaired) electrons. The number of rotatable bonds is 5. The van der Waals surface area contributed by atoms with Gasteiger partial charge in [-0.3, -0.25) is 10.8 Å². The van der Waals surface area contributed by atoms with Crippen LogP contribution in [0.2, 0.25) is 0 Å². The van der Waals surface area contributed by atoms with Gasteiger partial charge in [-0.2, -0.15) is 23.5 Å². The molecule has 0 saturated carbocycles. The molecule has 10 heteroatoms. The number of nitrogens with zero attached hydrogens (tertiary/aromatic N) is 4. The predicted octanol–water partition coefficient (Wildman–Crippen LogP) is 3.26. The van der Waals surface area contributed by atoms with Crippen molar-refractivity contribution in [1.82, 2.24) is 0 Å². The van der Waals surface area contributed by atoms with Crippen LogP contribution in [0.25, 0.3) is 0 Å². The highest BCUT2D eigenvalue weighted by Gasteiger charge is 2.31. The van der Waals surface area contributed by atoms with Gasteiger partial charge in [0.1, 0.15) is 6.07 Å². The maximum absolute atomic E-state index is 12.9. The van der Waals surface area contributed by atoms with E-state index in [1.165, 1.54) is 12.1 Å². The van der Waals surface area contributed by atoms with Gasteiger partial charge in [-0.05, 0) is 42.5 Å². The van der Waals surface area contributed by atoms with Crippen LogP contribution >= 0.6 is 0 Å². The summed E-state index contributed by atoms with van der Waals surface area (Å²) in [7, 11) is 0. The first-order valence-corrected chi connectivity index (χ1v) is 9.13. The zero-order chi connectivity index (χ0) is 21.7. The molecule has 1 aliphatic heterocycles. The van der Waals surface area contributed by atoms with Gasteiger partial charge in [0.2, 0.25) is 5.71 Å². The third-order valence-electron chi connectivity index (χ3n) is 4.71. The topological polar surface area (TPSA) is 105 Å². The van der Waals surface area contributed by atoms with Gasteiger partial charge in [0.15, 0.2) is 5.84 Å². The van der Waals surface area contributed by atoms with Crippen LogP contribution in [-0.4, -0.2) is 37.7 Å². The maximum atomic E-state index is 12.9. The van der Waals surface area contributed by atoms with Crippen molar-refractivity contribution in [2.24, 2.45) is 10.8 Å². The van der Waals surface area contributed by atoms with Crippen LogP contribution in [0, 0.1) is 16.7 Å². The van der Waals surface area contributed by atoms with Crippen LogP contribution < -0.4 is 21.0 Å². The molecule has 1 fully saturated rings. The number of nitrogens with one attached hydrogen (secondary N) is 2. The maximum Gasteiger partial charge on any atom is 0.416 e. The number of anilines is 3. The Morgan fingerprint density at radius 1 is 1.03 bits per heavy atom. The minimum absolute atomic E-state index is 0.204. The molecule has 2 aromatic carbocycles. The number of benzene rings is 2. The molecule has 0 spiro atoms. The summed E-state index contributed by atoms with van der Waals surface area (Å²) in [6.07, 6.45) is -4.35. The molecule has 156 valence electrons. The van der Waals surface area contributed by atoms with Crippen LogP contribution in [0.1, 0.15) is 5.56 Å². The Kier molecular flexibility index (Phi) is 6.11. The summed E-state index contributed by atoms with van der Waals surface area (Å²) in [6.45, 7) is 2.56. The van der Waals surface area contributed by atoms with Crippen LogP contribution in [0.5, 0.6) is 0 Å². The number of nitriles is 1. The third-order valence-corrected chi connectivity index (χ3v) is 4.71. The number of hydrogen-bond acceptors (Lipinski definition) is 6. The number of piperazine rings is 1. The zero-order valence-electron chi connectivity index (χ0n) is 15.9. The van der Waals surface area contributed by atoms with Gasteiger partial charge in [0, 0.05) is 37.6 Å². The second kappa shape index (κ2) is 8.73. The van der Waals surface area contributed by atoms with E-state index in [0.29, 0.717) is 37.6 Å². The summed E-state index contributed by atoms with van der Waals surface area (Å²) in [5.74, 6) is -0.416. The average molecular weight is 415 g/mol. The highest BCUT2D eigenvalue weighted by molar-refractivity contribution is 6.45. The standard InChI is InChI=1S/C20H20F3N7/c21-20(22,23)14-2-1-3-17(12-14)30-10-8-29(9-11-30)16-6-4-15(5-7-16)27-28-18(13-24)19(25)26/h1-7,12,27H,8-11H2,(H3,25,26)/b28-18+. The van der Waals surface area contributed by atoms with Crippen molar-refractivity contribution >= 4 is 28.6 Å². The van der Waals surface area contributed by atoms with E-state index >= 15 is 0 Å². The van der Waals surface area contributed by atoms with Crippen LogP contribution in [0.3, 0.4) is 0 Å². The van der Waals surface area contributed by atoms with Crippen molar-refractivity contribution in [2.45, 2.75) is 6.18 Å². The third kappa shape index (κ3) is 5.00. The first kappa shape index (κ1) is 21.0. The lowest BCUT2D eigenvalue weighted by Gasteiger charge is -2.37. The first-order valence-electron chi connectivity index (χ1n) is 9.13. The molecule has 0 bridgehead atoms. The molecule has 0 atom stereocenters. The Bertz CT molecular complexity index is 969. The molecule has 4 N–H and O–H groups in total. The fourth-order valence-corrected chi connectivity index (χ4v) is 3.11. The molecule has 30 heavy (non-hydrogen) atoms. The van der Waals surface area contributed by atoms with Crippen molar-refractivity contribution in [1.29, 1.82) is 10.7 Å². The summed E-state index contributed by atoms with van der Waals surface area (Å²) in [5, 5.41) is 19.8. The van der Waals surface area contributed by atoms with E-state index in [-0.39, 0.29) is 5.71 Å². The average Bonchev–Trinajstić information content (AvgIpc) is 2.74. The fraction of sp³-hybridized carbons (Fsp3) is 0.250. The van der Waals surface area contributed by atoms with Crippen molar-refractivity contribution < 1.29 is 13.2 Å². The normalized spacial score (nSPS) is 14.9. The summed E-state index contributed by atoms with van der Waals surface area (Å²) in [4.78, 5) is 4.09. The van der Waals surface area contributed by atoms with E-state index in [4.69, 9.17) is 16.4 Å². The number of amidine groups is 1. The quantitative estimate of drug-likeness (QED) is 0.395. The van der Waals surface area contributed by atoms with Gasteiger partial charge in [-0.25, -0.2) is 0 Å². The number of alkyl halides is 3. The number of halogens is 3. The Labute approximate surface area is 171 Å². The summed E-state index contributed by atoms with van der Waals surface area (Å²) in [6, 6.07) is 14.5. The van der Waals surface area contributed by atoms with E-state index in [1.54, 1.807) is 24.3 Å². The van der Waals surface area contributed by atoms with Crippen LogP contribution in [0.4, 0.5) is 30.2 Å². The molecule has 0 unspecified atom stereocenters. The van der Waals surface area contributed by atoms with Gasteiger partial charge in [-0.1, -0.05) is 6.07 Å². The van der Waals surface area contributed by atoms with Crippen molar-refractivity contribution in [3.8, 4) is 6.07 Å². The minimum Gasteiger partial charge on any atom is -0.382 e. The second-order valence-corrected chi connectivity index (χ2v) is 6.67. The Hall–Kier alpha value is -3.74. The van der Waals surface area contributed by atoms with Crippen molar-refractivity contribution in [3.05, 3.63) is 54.1 Å². The molecule has 0 aliphatic carbocycles. The number of hydrazone groups is 1. The lowest BCUT2D eigenvalue weighted by molar-refractivity contribution is -0.137. The lowest BCUT2D eigenvalue weighted by atomic mass is 10.1. The molecule has 2 aromatic rings. The molecule has 7 nitrogen and oxygen atoms in total. The number of nitrogens with two attached hydrogens (primary N) is 1. The largest absolute Gasteiger partial charge is 0.416 e. The molecule has 1 saturated heterocycles. The molecule has 1 heterocycles. The highest BCUT2D eigenvalue weighted by atomic mass is 19.4. The molecule has 0 aromatic heterocycles. The van der Waals surface area contributed by atoms with Crippen molar-refractivity contribution in [2.75, 3.05) is 41.4 Å². The predicted molar refractivity (Wildman–Crippen MR) is 111 cm³/mol. The molecular formula is C20H20F3N7. The molecular weight excluding hydrogens is 395 g/mol. The second-order valence-electron chi connectivity index (χ2n) is 6.67. The Morgan fingerprint density at radius 2 is 1.63 bits per heavy atom. The van der Waals surface area contributed by atoms with Crippen molar-refractivity contribution in [3.63, 3.8) is 0 Å². The monoisotopic (exact) mass is 415 g/mol.